The molecule has 6 rings (SSSR count). The molecule has 0 aliphatic carbocycles. The third kappa shape index (κ3) is 5.06. The minimum Gasteiger partial charge on any atom is -0.388 e. The third-order valence-electron chi connectivity index (χ3n) is 7.74. The number of aromatic nitrogens is 5. The Bertz CT molecular complexity index is 1700. The van der Waals surface area contributed by atoms with Gasteiger partial charge in [-0.2, -0.15) is 5.10 Å². The Morgan fingerprint density at radius 2 is 1.82 bits per heavy atom. The van der Waals surface area contributed by atoms with Gasteiger partial charge in [0.05, 0.1) is 30.4 Å². The standard InChI is InChI=1S/C29H30ClN7O3/c1-35-27(20-4-2-19(13-31)3-5-20)25-26(34-35)28(38)37(18-32-25)17-29(39)8-10-36(11-9-29)15-22-7-6-21(12-24(22)30)23-14-33-40-16-23/h2-7,12,14,16,18,39H,8-11,13,15,17,31H2,1H3. The highest BCUT2D eigenvalue weighted by Gasteiger charge is 2.33. The lowest BCUT2D eigenvalue weighted by Crippen LogP contribution is -2.47. The number of nitrogens with two attached hydrogens (primary N) is 1. The van der Waals surface area contributed by atoms with Crippen LogP contribution in [0.1, 0.15) is 24.0 Å². The van der Waals surface area contributed by atoms with E-state index in [2.05, 4.69) is 20.1 Å². The molecule has 1 aliphatic heterocycles. The molecule has 40 heavy (non-hydrogen) atoms. The van der Waals surface area contributed by atoms with Crippen molar-refractivity contribution in [2.75, 3.05) is 13.1 Å². The summed E-state index contributed by atoms with van der Waals surface area (Å²) in [5, 5.41) is 20.3. The van der Waals surface area contributed by atoms with Gasteiger partial charge in [0.2, 0.25) is 0 Å². The molecule has 3 aromatic heterocycles. The molecule has 0 saturated carbocycles. The van der Waals surface area contributed by atoms with Crippen LogP contribution in [-0.2, 0) is 26.7 Å². The largest absolute Gasteiger partial charge is 0.388 e. The summed E-state index contributed by atoms with van der Waals surface area (Å²) in [6.07, 6.45) is 5.81. The van der Waals surface area contributed by atoms with E-state index in [1.807, 2.05) is 42.5 Å². The maximum absolute atomic E-state index is 13.4. The summed E-state index contributed by atoms with van der Waals surface area (Å²) in [7, 11) is 1.80. The van der Waals surface area contributed by atoms with Crippen molar-refractivity contribution in [1.82, 2.24) is 29.4 Å². The van der Waals surface area contributed by atoms with E-state index in [1.54, 1.807) is 24.2 Å². The summed E-state index contributed by atoms with van der Waals surface area (Å²) in [5.74, 6) is 0. The number of halogens is 1. The maximum atomic E-state index is 13.4. The van der Waals surface area contributed by atoms with Crippen molar-refractivity contribution in [1.29, 1.82) is 0 Å². The molecule has 0 spiro atoms. The van der Waals surface area contributed by atoms with Crippen LogP contribution in [0.25, 0.3) is 33.4 Å². The normalized spacial score (nSPS) is 15.6. The highest BCUT2D eigenvalue weighted by Crippen LogP contribution is 2.30. The van der Waals surface area contributed by atoms with E-state index >= 15 is 0 Å². The minimum atomic E-state index is -1.02. The second kappa shape index (κ2) is 10.6. The monoisotopic (exact) mass is 559 g/mol. The van der Waals surface area contributed by atoms with Crippen LogP contribution in [0.2, 0.25) is 5.02 Å². The number of benzene rings is 2. The Hall–Kier alpha value is -3.83. The van der Waals surface area contributed by atoms with Crippen LogP contribution in [0.3, 0.4) is 0 Å². The van der Waals surface area contributed by atoms with Gasteiger partial charge in [-0.15, -0.1) is 0 Å². The average Bonchev–Trinajstić information content (AvgIpc) is 3.61. The molecule has 10 nitrogen and oxygen atoms in total. The fourth-order valence-corrected chi connectivity index (χ4v) is 5.62. The van der Waals surface area contributed by atoms with Crippen molar-refractivity contribution in [3.05, 3.63) is 87.8 Å². The fourth-order valence-electron chi connectivity index (χ4n) is 5.38. The van der Waals surface area contributed by atoms with Crippen LogP contribution in [-0.4, -0.2) is 53.2 Å². The Kier molecular flexibility index (Phi) is 7.01. The summed E-state index contributed by atoms with van der Waals surface area (Å²) < 4.78 is 8.08. The molecule has 4 heterocycles. The minimum absolute atomic E-state index is 0.161. The lowest BCUT2D eigenvalue weighted by Gasteiger charge is -2.38. The number of aryl methyl sites for hydroxylation is 1. The molecule has 0 amide bonds. The van der Waals surface area contributed by atoms with E-state index in [0.717, 1.165) is 33.5 Å². The average molecular weight is 560 g/mol. The highest BCUT2D eigenvalue weighted by molar-refractivity contribution is 6.31. The molecule has 11 heteroatoms. The van der Waals surface area contributed by atoms with E-state index in [1.165, 1.54) is 10.9 Å². The molecule has 1 saturated heterocycles. The van der Waals surface area contributed by atoms with Crippen LogP contribution < -0.4 is 11.3 Å². The first kappa shape index (κ1) is 26.4. The van der Waals surface area contributed by atoms with Crippen LogP contribution in [0, 0.1) is 0 Å². The summed E-state index contributed by atoms with van der Waals surface area (Å²) in [6, 6.07) is 13.8. The van der Waals surface area contributed by atoms with E-state index in [0.29, 0.717) is 49.6 Å². The number of nitrogens with zero attached hydrogens (tertiary/aromatic N) is 6. The lowest BCUT2D eigenvalue weighted by atomic mass is 9.91. The quantitative estimate of drug-likeness (QED) is 0.309. The molecular weight excluding hydrogens is 530 g/mol. The van der Waals surface area contributed by atoms with Gasteiger partial charge >= 0.3 is 0 Å². The number of aliphatic hydroxyl groups is 1. The Morgan fingerprint density at radius 3 is 2.50 bits per heavy atom. The number of likely N-dealkylation sites (tertiary alicyclic amines) is 1. The molecular formula is C29H30ClN7O3. The van der Waals surface area contributed by atoms with Crippen LogP contribution >= 0.6 is 11.6 Å². The summed E-state index contributed by atoms with van der Waals surface area (Å²) in [6.45, 7) is 2.65. The number of hydrogen-bond acceptors (Lipinski definition) is 8. The zero-order valence-corrected chi connectivity index (χ0v) is 22.9. The summed E-state index contributed by atoms with van der Waals surface area (Å²) in [5.41, 5.74) is 10.8. The van der Waals surface area contributed by atoms with Crippen molar-refractivity contribution >= 4 is 22.6 Å². The van der Waals surface area contributed by atoms with Gasteiger partial charge in [0.25, 0.3) is 5.56 Å². The third-order valence-corrected chi connectivity index (χ3v) is 8.09. The van der Waals surface area contributed by atoms with Crippen molar-refractivity contribution in [2.24, 2.45) is 12.8 Å². The first-order valence-corrected chi connectivity index (χ1v) is 13.6. The second-order valence-corrected chi connectivity index (χ2v) is 10.9. The van der Waals surface area contributed by atoms with Crippen LogP contribution in [0.5, 0.6) is 0 Å². The van der Waals surface area contributed by atoms with Gasteiger partial charge in [-0.05, 0) is 35.6 Å². The van der Waals surface area contributed by atoms with Gasteiger partial charge < -0.3 is 15.4 Å². The molecule has 1 fully saturated rings. The Morgan fingerprint density at radius 1 is 1.07 bits per heavy atom. The molecule has 3 N–H and O–H groups in total. The smallest absolute Gasteiger partial charge is 0.281 e. The van der Waals surface area contributed by atoms with Crippen molar-refractivity contribution in [3.63, 3.8) is 0 Å². The molecule has 0 bridgehead atoms. The zero-order valence-electron chi connectivity index (χ0n) is 22.1. The van der Waals surface area contributed by atoms with E-state index in [4.69, 9.17) is 21.9 Å². The molecule has 206 valence electrons. The fraction of sp³-hybridized carbons (Fsp3) is 0.310. The predicted molar refractivity (Wildman–Crippen MR) is 153 cm³/mol. The van der Waals surface area contributed by atoms with Crippen molar-refractivity contribution in [2.45, 2.75) is 38.1 Å². The molecule has 1 aliphatic rings. The summed E-state index contributed by atoms with van der Waals surface area (Å²) >= 11 is 6.57. The lowest BCUT2D eigenvalue weighted by molar-refractivity contribution is -0.0364. The predicted octanol–water partition coefficient (Wildman–Crippen LogP) is 3.59. The Balaban J connectivity index is 1.14. The number of rotatable bonds is 7. The second-order valence-electron chi connectivity index (χ2n) is 10.5. The van der Waals surface area contributed by atoms with Crippen molar-refractivity contribution in [3.8, 4) is 22.4 Å². The van der Waals surface area contributed by atoms with Gasteiger partial charge in [0.1, 0.15) is 11.8 Å². The number of piperidine rings is 1. The SMILES string of the molecule is Cn1nc2c(=O)n(CC3(O)CCN(Cc4ccc(-c5cnoc5)cc4Cl)CC3)cnc2c1-c1ccc(CN)cc1. The molecule has 0 radical (unpaired) electrons. The first-order chi connectivity index (χ1) is 19.3. The number of fused-ring (bicyclic) bond motifs is 1. The van der Waals surface area contributed by atoms with Gasteiger partial charge in [-0.25, -0.2) is 4.98 Å². The van der Waals surface area contributed by atoms with Gasteiger partial charge in [-0.3, -0.25) is 18.9 Å². The first-order valence-electron chi connectivity index (χ1n) is 13.2. The van der Waals surface area contributed by atoms with Crippen molar-refractivity contribution < 1.29 is 9.63 Å². The molecule has 2 aromatic carbocycles. The van der Waals surface area contributed by atoms with E-state index in [9.17, 15) is 9.90 Å². The van der Waals surface area contributed by atoms with Gasteiger partial charge in [-0.1, -0.05) is 53.2 Å². The molecule has 0 unspecified atom stereocenters. The van der Waals surface area contributed by atoms with Gasteiger partial charge in [0.15, 0.2) is 5.52 Å². The summed E-state index contributed by atoms with van der Waals surface area (Å²) in [4.78, 5) is 20.2. The van der Waals surface area contributed by atoms with Crippen LogP contribution in [0.4, 0.5) is 0 Å². The molecule has 0 atom stereocenters. The Labute approximate surface area is 235 Å². The van der Waals surface area contributed by atoms with E-state index < -0.39 is 5.60 Å². The topological polar surface area (TPSA) is 128 Å². The maximum Gasteiger partial charge on any atom is 0.281 e. The van der Waals surface area contributed by atoms with Gasteiger partial charge in [0, 0.05) is 49.4 Å². The van der Waals surface area contributed by atoms with E-state index in [-0.39, 0.29) is 17.6 Å². The zero-order chi connectivity index (χ0) is 27.9. The van der Waals surface area contributed by atoms with Crippen LogP contribution in [0.15, 0.2) is 70.6 Å². The molecule has 5 aromatic rings. The number of hydrogen-bond donors (Lipinski definition) is 2. The highest BCUT2D eigenvalue weighted by atomic mass is 35.5.